The molecule has 0 saturated heterocycles. The number of nitrogens with two attached hydrogens (primary N) is 1. The van der Waals surface area contributed by atoms with Crippen LogP contribution in [-0.4, -0.2) is 24.6 Å². The second kappa shape index (κ2) is 6.06. The van der Waals surface area contributed by atoms with Gasteiger partial charge in [-0.05, 0) is 24.6 Å². The molecule has 0 unspecified atom stereocenters. The molecule has 0 amide bonds. The third-order valence-electron chi connectivity index (χ3n) is 2.91. The Morgan fingerprint density at radius 3 is 2.48 bits per heavy atom. The lowest BCUT2D eigenvalue weighted by atomic mass is 10.2. The first-order valence-electron chi connectivity index (χ1n) is 6.23. The van der Waals surface area contributed by atoms with Gasteiger partial charge in [0, 0.05) is 24.6 Å². The van der Waals surface area contributed by atoms with E-state index in [0.717, 1.165) is 11.1 Å². The molecule has 8 heteroatoms. The standard InChI is InChI=1S/C13H17N5O2S/c1-9-7-16-13(18-14)17-12(9)15-8-10-3-5-11(6-4-10)21(2,19)20/h3-7H,8,14H2,1-2H3,(H2,15,16,17,18). The molecule has 4 N–H and O–H groups in total. The first-order valence-corrected chi connectivity index (χ1v) is 8.12. The van der Waals surface area contributed by atoms with E-state index in [2.05, 4.69) is 20.7 Å². The Labute approximate surface area is 123 Å². The molecule has 1 aromatic heterocycles. The molecule has 21 heavy (non-hydrogen) atoms. The number of hydrogen-bond donors (Lipinski definition) is 3. The van der Waals surface area contributed by atoms with Gasteiger partial charge in [-0.1, -0.05) is 12.1 Å². The highest BCUT2D eigenvalue weighted by molar-refractivity contribution is 7.90. The highest BCUT2D eigenvalue weighted by Gasteiger charge is 2.07. The molecular formula is C13H17N5O2S. The average molecular weight is 307 g/mol. The molecule has 0 aliphatic rings. The molecule has 0 spiro atoms. The number of aromatic nitrogens is 2. The molecule has 0 aliphatic heterocycles. The summed E-state index contributed by atoms with van der Waals surface area (Å²) in [6.45, 7) is 2.40. The summed E-state index contributed by atoms with van der Waals surface area (Å²) in [5, 5.41) is 3.17. The molecule has 112 valence electrons. The summed E-state index contributed by atoms with van der Waals surface area (Å²) >= 11 is 0. The molecule has 0 atom stereocenters. The lowest BCUT2D eigenvalue weighted by Crippen LogP contribution is -2.12. The average Bonchev–Trinajstić information content (AvgIpc) is 2.46. The lowest BCUT2D eigenvalue weighted by Gasteiger charge is -2.10. The zero-order valence-corrected chi connectivity index (χ0v) is 12.6. The fourth-order valence-electron chi connectivity index (χ4n) is 1.73. The number of nitrogens with one attached hydrogen (secondary N) is 2. The van der Waals surface area contributed by atoms with Gasteiger partial charge in [0.25, 0.3) is 0 Å². The SMILES string of the molecule is Cc1cnc(NN)nc1NCc1ccc(S(C)(=O)=O)cc1. The van der Waals surface area contributed by atoms with Gasteiger partial charge in [0.1, 0.15) is 5.82 Å². The summed E-state index contributed by atoms with van der Waals surface area (Å²) in [5.74, 6) is 6.27. The number of hydrogen-bond acceptors (Lipinski definition) is 7. The number of rotatable bonds is 5. The third kappa shape index (κ3) is 3.89. The number of nitrogens with zero attached hydrogens (tertiary/aromatic N) is 2. The van der Waals surface area contributed by atoms with Crippen LogP contribution in [0.3, 0.4) is 0 Å². The second-order valence-electron chi connectivity index (χ2n) is 4.64. The highest BCUT2D eigenvalue weighted by Crippen LogP contribution is 2.15. The maximum Gasteiger partial charge on any atom is 0.239 e. The minimum atomic E-state index is -3.17. The summed E-state index contributed by atoms with van der Waals surface area (Å²) in [6, 6.07) is 6.71. The number of anilines is 2. The first kappa shape index (κ1) is 15.2. The van der Waals surface area contributed by atoms with Crippen LogP contribution in [0.25, 0.3) is 0 Å². The van der Waals surface area contributed by atoms with E-state index in [4.69, 9.17) is 5.84 Å². The van der Waals surface area contributed by atoms with E-state index in [1.807, 2.05) is 6.92 Å². The molecule has 2 rings (SSSR count). The first-order chi connectivity index (χ1) is 9.90. The van der Waals surface area contributed by atoms with Gasteiger partial charge >= 0.3 is 0 Å². The minimum Gasteiger partial charge on any atom is -0.366 e. The number of hydrazine groups is 1. The monoisotopic (exact) mass is 307 g/mol. The molecule has 0 fully saturated rings. The molecule has 1 aromatic carbocycles. The number of benzene rings is 1. The number of aryl methyl sites for hydroxylation is 1. The van der Waals surface area contributed by atoms with E-state index in [0.29, 0.717) is 23.2 Å². The lowest BCUT2D eigenvalue weighted by molar-refractivity contribution is 0.602. The zero-order chi connectivity index (χ0) is 15.5. The van der Waals surface area contributed by atoms with Gasteiger partial charge in [-0.2, -0.15) is 4.98 Å². The van der Waals surface area contributed by atoms with Crippen molar-refractivity contribution in [3.8, 4) is 0 Å². The third-order valence-corrected chi connectivity index (χ3v) is 4.04. The van der Waals surface area contributed by atoms with E-state index < -0.39 is 9.84 Å². The molecule has 0 radical (unpaired) electrons. The van der Waals surface area contributed by atoms with Crippen molar-refractivity contribution < 1.29 is 8.42 Å². The van der Waals surface area contributed by atoms with Crippen molar-refractivity contribution in [2.45, 2.75) is 18.4 Å². The van der Waals surface area contributed by atoms with Crippen LogP contribution in [0.1, 0.15) is 11.1 Å². The Hall–Kier alpha value is -2.19. The maximum atomic E-state index is 11.4. The van der Waals surface area contributed by atoms with Crippen LogP contribution in [0, 0.1) is 6.92 Å². The Bertz CT molecular complexity index is 729. The van der Waals surface area contributed by atoms with Crippen LogP contribution in [-0.2, 0) is 16.4 Å². The van der Waals surface area contributed by atoms with Crippen molar-refractivity contribution in [2.24, 2.45) is 5.84 Å². The van der Waals surface area contributed by atoms with Crippen LogP contribution in [0.4, 0.5) is 11.8 Å². The summed E-state index contributed by atoms with van der Waals surface area (Å²) in [5.41, 5.74) is 4.23. The van der Waals surface area contributed by atoms with Crippen molar-refractivity contribution in [1.82, 2.24) is 9.97 Å². The Balaban J connectivity index is 2.10. The molecule has 0 bridgehead atoms. The van der Waals surface area contributed by atoms with Gasteiger partial charge in [-0.3, -0.25) is 5.43 Å². The van der Waals surface area contributed by atoms with Crippen LogP contribution >= 0.6 is 0 Å². The van der Waals surface area contributed by atoms with Crippen molar-refractivity contribution in [3.05, 3.63) is 41.6 Å². The van der Waals surface area contributed by atoms with E-state index in [-0.39, 0.29) is 0 Å². The van der Waals surface area contributed by atoms with Crippen LogP contribution in [0.2, 0.25) is 0 Å². The van der Waals surface area contributed by atoms with Crippen molar-refractivity contribution >= 4 is 21.6 Å². The zero-order valence-electron chi connectivity index (χ0n) is 11.8. The number of sulfone groups is 1. The van der Waals surface area contributed by atoms with E-state index in [1.54, 1.807) is 30.5 Å². The molecule has 0 saturated carbocycles. The largest absolute Gasteiger partial charge is 0.366 e. The summed E-state index contributed by atoms with van der Waals surface area (Å²) in [6.07, 6.45) is 2.85. The van der Waals surface area contributed by atoms with Gasteiger partial charge in [0.05, 0.1) is 4.90 Å². The Morgan fingerprint density at radius 2 is 1.90 bits per heavy atom. The van der Waals surface area contributed by atoms with Crippen molar-refractivity contribution in [1.29, 1.82) is 0 Å². The van der Waals surface area contributed by atoms with Crippen LogP contribution in [0.5, 0.6) is 0 Å². The minimum absolute atomic E-state index is 0.305. The molecular weight excluding hydrogens is 290 g/mol. The fraction of sp³-hybridized carbons (Fsp3) is 0.231. The van der Waals surface area contributed by atoms with Gasteiger partial charge in [0.15, 0.2) is 9.84 Å². The van der Waals surface area contributed by atoms with Crippen molar-refractivity contribution in [2.75, 3.05) is 17.0 Å². The topological polar surface area (TPSA) is 110 Å². The Morgan fingerprint density at radius 1 is 1.24 bits per heavy atom. The summed E-state index contributed by atoms with van der Waals surface area (Å²) < 4.78 is 22.8. The van der Waals surface area contributed by atoms with Gasteiger partial charge in [-0.15, -0.1) is 0 Å². The molecule has 2 aromatic rings. The molecule has 7 nitrogen and oxygen atoms in total. The smallest absolute Gasteiger partial charge is 0.239 e. The van der Waals surface area contributed by atoms with Gasteiger partial charge < -0.3 is 5.32 Å². The van der Waals surface area contributed by atoms with Crippen LogP contribution in [0.15, 0.2) is 35.4 Å². The number of nitrogen functional groups attached to an aromatic ring is 1. The Kier molecular flexibility index (Phi) is 4.39. The fourth-order valence-corrected chi connectivity index (χ4v) is 2.36. The van der Waals surface area contributed by atoms with E-state index in [9.17, 15) is 8.42 Å². The molecule has 0 aliphatic carbocycles. The second-order valence-corrected chi connectivity index (χ2v) is 6.65. The van der Waals surface area contributed by atoms with E-state index in [1.165, 1.54) is 6.26 Å². The van der Waals surface area contributed by atoms with Crippen LogP contribution < -0.4 is 16.6 Å². The van der Waals surface area contributed by atoms with E-state index >= 15 is 0 Å². The van der Waals surface area contributed by atoms with Crippen molar-refractivity contribution in [3.63, 3.8) is 0 Å². The van der Waals surface area contributed by atoms with Gasteiger partial charge in [0.2, 0.25) is 5.95 Å². The predicted octanol–water partition coefficient (Wildman–Crippen LogP) is 1.09. The summed E-state index contributed by atoms with van der Waals surface area (Å²) in [4.78, 5) is 8.51. The van der Waals surface area contributed by atoms with Gasteiger partial charge in [-0.25, -0.2) is 19.2 Å². The normalized spacial score (nSPS) is 11.2. The highest BCUT2D eigenvalue weighted by atomic mass is 32.2. The predicted molar refractivity (Wildman–Crippen MR) is 81.5 cm³/mol. The summed E-state index contributed by atoms with van der Waals surface area (Å²) in [7, 11) is -3.17. The molecule has 1 heterocycles. The quantitative estimate of drug-likeness (QED) is 0.560. The maximum absolute atomic E-state index is 11.4.